The van der Waals surface area contributed by atoms with Crippen LogP contribution in [-0.4, -0.2) is 12.2 Å². The van der Waals surface area contributed by atoms with E-state index in [0.717, 1.165) is 19.4 Å². The molecule has 0 saturated carbocycles. The Kier molecular flexibility index (Phi) is 3.08. The molecule has 0 amide bonds. The molecule has 2 aliphatic heterocycles. The van der Waals surface area contributed by atoms with Gasteiger partial charge in [0.1, 0.15) is 0 Å². The Morgan fingerprint density at radius 2 is 1.25 bits per heavy atom. The van der Waals surface area contributed by atoms with Crippen LogP contribution in [0, 0.1) is 0 Å². The van der Waals surface area contributed by atoms with Gasteiger partial charge in [-0.25, -0.2) is 0 Å². The van der Waals surface area contributed by atoms with Gasteiger partial charge in [-0.1, -0.05) is 60.7 Å². The largest absolute Gasteiger partial charge is 0.369 e. The van der Waals surface area contributed by atoms with E-state index in [4.69, 9.17) is 4.74 Å². The summed E-state index contributed by atoms with van der Waals surface area (Å²) < 4.78 is 5.83. The van der Waals surface area contributed by atoms with Crippen LogP contribution in [0.2, 0.25) is 0 Å². The summed E-state index contributed by atoms with van der Waals surface area (Å²) in [5.41, 5.74) is 3.03. The molecule has 0 bridgehead atoms. The molecular weight excluding hydrogens is 264 g/mol. The molecule has 2 heterocycles. The van der Waals surface area contributed by atoms with Crippen molar-refractivity contribution in [2.24, 2.45) is 0 Å². The second-order valence-electron chi connectivity index (χ2n) is 5.81. The average Bonchev–Trinajstić information content (AvgIpc) is 3.27. The predicted molar refractivity (Wildman–Crippen MR) is 83.9 cm³/mol. The normalized spacial score (nSPS) is 32.2. The monoisotopic (exact) mass is 282 g/mol. The van der Waals surface area contributed by atoms with Crippen LogP contribution in [0.25, 0.3) is 0 Å². The van der Waals surface area contributed by atoms with Crippen molar-refractivity contribution in [3.05, 3.63) is 71.8 Å². The molecule has 2 aromatic rings. The lowest BCUT2D eigenvalue weighted by atomic mass is 9.92. The van der Waals surface area contributed by atoms with Crippen molar-refractivity contribution in [2.45, 2.75) is 28.9 Å². The van der Waals surface area contributed by atoms with Crippen LogP contribution in [0.4, 0.5) is 0 Å². The van der Waals surface area contributed by atoms with E-state index in [1.54, 1.807) is 0 Å². The molecule has 2 saturated heterocycles. The fourth-order valence-electron chi connectivity index (χ4n) is 3.12. The molecule has 20 heavy (non-hydrogen) atoms. The highest BCUT2D eigenvalue weighted by atomic mass is 32.2. The maximum Gasteiger partial charge on any atom is 0.0944 e. The van der Waals surface area contributed by atoms with Gasteiger partial charge in [0.15, 0.2) is 0 Å². The van der Waals surface area contributed by atoms with Crippen LogP contribution < -0.4 is 0 Å². The van der Waals surface area contributed by atoms with Gasteiger partial charge in [0.05, 0.1) is 12.2 Å². The molecule has 0 aliphatic carbocycles. The zero-order valence-corrected chi connectivity index (χ0v) is 12.2. The lowest BCUT2D eigenvalue weighted by Crippen LogP contribution is -2.23. The molecule has 2 atom stereocenters. The SMILES string of the molecule is c1ccc(C2CC3(CO3)CC(c3ccccc3)S2)cc1. The van der Waals surface area contributed by atoms with Crippen molar-refractivity contribution in [2.75, 3.05) is 6.61 Å². The van der Waals surface area contributed by atoms with Crippen molar-refractivity contribution in [3.8, 4) is 0 Å². The van der Waals surface area contributed by atoms with Gasteiger partial charge in [0.2, 0.25) is 0 Å². The number of ether oxygens (including phenoxy) is 1. The maximum atomic E-state index is 5.83. The van der Waals surface area contributed by atoms with Crippen molar-refractivity contribution in [3.63, 3.8) is 0 Å². The third kappa shape index (κ3) is 2.38. The Labute approximate surface area is 124 Å². The van der Waals surface area contributed by atoms with E-state index in [-0.39, 0.29) is 5.60 Å². The summed E-state index contributed by atoms with van der Waals surface area (Å²) in [5, 5.41) is 1.11. The maximum absolute atomic E-state index is 5.83. The van der Waals surface area contributed by atoms with Crippen molar-refractivity contribution < 1.29 is 4.74 Å². The van der Waals surface area contributed by atoms with Crippen LogP contribution in [0.1, 0.15) is 34.5 Å². The number of thioether (sulfide) groups is 1. The fraction of sp³-hybridized carbons (Fsp3) is 0.333. The van der Waals surface area contributed by atoms with Crippen molar-refractivity contribution >= 4 is 11.8 Å². The average molecular weight is 282 g/mol. The molecule has 1 nitrogen and oxygen atoms in total. The Morgan fingerprint density at radius 3 is 1.65 bits per heavy atom. The van der Waals surface area contributed by atoms with Gasteiger partial charge in [-0.15, -0.1) is 11.8 Å². The van der Waals surface area contributed by atoms with Crippen LogP contribution in [0.15, 0.2) is 60.7 Å². The standard InChI is InChI=1S/C18H18OS/c1-3-7-14(8-4-1)16-11-18(13-19-18)12-17(20-16)15-9-5-2-6-10-15/h1-10,16-17H,11-13H2. The molecule has 4 rings (SSSR count). The smallest absolute Gasteiger partial charge is 0.0944 e. The van der Waals surface area contributed by atoms with Gasteiger partial charge < -0.3 is 4.74 Å². The summed E-state index contributed by atoms with van der Waals surface area (Å²) in [6.07, 6.45) is 2.32. The first-order valence-electron chi connectivity index (χ1n) is 7.24. The lowest BCUT2D eigenvalue weighted by Gasteiger charge is -2.33. The van der Waals surface area contributed by atoms with Gasteiger partial charge in [-0.2, -0.15) is 0 Å². The summed E-state index contributed by atoms with van der Waals surface area (Å²) >= 11 is 2.10. The van der Waals surface area contributed by atoms with E-state index in [0.29, 0.717) is 10.5 Å². The Hall–Kier alpha value is -1.25. The highest BCUT2D eigenvalue weighted by Crippen LogP contribution is 2.58. The fourth-order valence-corrected chi connectivity index (χ4v) is 4.94. The summed E-state index contributed by atoms with van der Waals surface area (Å²) in [4.78, 5) is 0. The Balaban J connectivity index is 1.63. The third-order valence-corrected chi connectivity index (χ3v) is 5.87. The zero-order valence-electron chi connectivity index (χ0n) is 11.4. The lowest BCUT2D eigenvalue weighted by molar-refractivity contribution is 0.264. The van der Waals surface area contributed by atoms with E-state index in [1.165, 1.54) is 11.1 Å². The van der Waals surface area contributed by atoms with Crippen molar-refractivity contribution in [1.82, 2.24) is 0 Å². The highest BCUT2D eigenvalue weighted by Gasteiger charge is 2.51. The number of rotatable bonds is 2. The van der Waals surface area contributed by atoms with E-state index in [2.05, 4.69) is 72.4 Å². The van der Waals surface area contributed by atoms with Crippen LogP contribution >= 0.6 is 11.8 Å². The first kappa shape index (κ1) is 12.5. The molecule has 2 aliphatic rings. The predicted octanol–water partition coefficient (Wildman–Crippen LogP) is 4.77. The number of hydrogen-bond acceptors (Lipinski definition) is 2. The molecule has 0 N–H and O–H groups in total. The minimum absolute atomic E-state index is 0.159. The van der Waals surface area contributed by atoms with E-state index in [1.807, 2.05) is 0 Å². The summed E-state index contributed by atoms with van der Waals surface area (Å²) in [5.74, 6) is 0. The molecule has 102 valence electrons. The first-order chi connectivity index (χ1) is 9.85. The van der Waals surface area contributed by atoms with Crippen molar-refractivity contribution in [1.29, 1.82) is 0 Å². The van der Waals surface area contributed by atoms with Gasteiger partial charge in [-0.3, -0.25) is 0 Å². The Bertz CT molecular complexity index is 527. The molecule has 0 radical (unpaired) electrons. The highest BCUT2D eigenvalue weighted by molar-refractivity contribution is 7.99. The third-order valence-electron chi connectivity index (χ3n) is 4.34. The summed E-state index contributed by atoms with van der Waals surface area (Å²) in [6, 6.07) is 21.8. The van der Waals surface area contributed by atoms with Gasteiger partial charge >= 0.3 is 0 Å². The molecule has 0 aromatic heterocycles. The summed E-state index contributed by atoms with van der Waals surface area (Å²) in [6.45, 7) is 0.945. The molecule has 2 unspecified atom stereocenters. The van der Waals surface area contributed by atoms with E-state index in [9.17, 15) is 0 Å². The molecule has 2 fully saturated rings. The van der Waals surface area contributed by atoms with Gasteiger partial charge in [0, 0.05) is 10.5 Å². The number of epoxide rings is 1. The number of benzene rings is 2. The second kappa shape index (κ2) is 4.94. The second-order valence-corrected chi connectivity index (χ2v) is 7.22. The van der Waals surface area contributed by atoms with Gasteiger partial charge in [-0.05, 0) is 24.0 Å². The van der Waals surface area contributed by atoms with Crippen LogP contribution in [0.3, 0.4) is 0 Å². The zero-order chi connectivity index (χ0) is 13.4. The molecule has 2 heteroatoms. The minimum atomic E-state index is 0.159. The van der Waals surface area contributed by atoms with E-state index < -0.39 is 0 Å². The Morgan fingerprint density at radius 1 is 0.800 bits per heavy atom. The van der Waals surface area contributed by atoms with Gasteiger partial charge in [0.25, 0.3) is 0 Å². The summed E-state index contributed by atoms with van der Waals surface area (Å²) in [7, 11) is 0. The first-order valence-corrected chi connectivity index (χ1v) is 8.18. The topological polar surface area (TPSA) is 12.5 Å². The minimum Gasteiger partial charge on any atom is -0.369 e. The molecule has 1 spiro atoms. The molecule has 2 aromatic carbocycles. The molecular formula is C18H18OS. The van der Waals surface area contributed by atoms with E-state index >= 15 is 0 Å². The van der Waals surface area contributed by atoms with Crippen LogP contribution in [-0.2, 0) is 4.74 Å². The number of hydrogen-bond donors (Lipinski definition) is 0. The van der Waals surface area contributed by atoms with Crippen LogP contribution in [0.5, 0.6) is 0 Å². The quantitative estimate of drug-likeness (QED) is 0.736.